The summed E-state index contributed by atoms with van der Waals surface area (Å²) in [5.74, 6) is -0.107. The summed E-state index contributed by atoms with van der Waals surface area (Å²) in [4.78, 5) is 32.1. The Bertz CT molecular complexity index is 761. The van der Waals surface area contributed by atoms with Crippen molar-refractivity contribution in [3.63, 3.8) is 0 Å². The highest BCUT2D eigenvalue weighted by Gasteiger charge is 2.08. The summed E-state index contributed by atoms with van der Waals surface area (Å²) in [6.45, 7) is 0. The van der Waals surface area contributed by atoms with Crippen LogP contribution in [-0.2, 0) is 0 Å². The standard InChI is InChI=1S/C18H14N4O2/c23-17(13-5-2-1-3-6-13)22-16-9-8-15(12-20-16)21-18(24)14-7-4-10-19-11-14/h1-12H,(H,21,24)(H,20,22,23). The molecule has 1 aromatic carbocycles. The van der Waals surface area contributed by atoms with Crippen LogP contribution >= 0.6 is 0 Å². The van der Waals surface area contributed by atoms with Crippen LogP contribution in [0.4, 0.5) is 11.5 Å². The first kappa shape index (κ1) is 15.4. The molecular weight excluding hydrogens is 304 g/mol. The molecule has 3 rings (SSSR count). The van der Waals surface area contributed by atoms with Crippen molar-refractivity contribution in [1.82, 2.24) is 9.97 Å². The van der Waals surface area contributed by atoms with E-state index in [-0.39, 0.29) is 11.8 Å². The molecule has 0 saturated carbocycles. The van der Waals surface area contributed by atoms with Crippen LogP contribution in [-0.4, -0.2) is 21.8 Å². The summed E-state index contributed by atoms with van der Waals surface area (Å²) < 4.78 is 0. The van der Waals surface area contributed by atoms with E-state index in [0.717, 1.165) is 0 Å². The van der Waals surface area contributed by atoms with Crippen LogP contribution in [0.25, 0.3) is 0 Å². The molecule has 0 fully saturated rings. The molecule has 0 aliphatic heterocycles. The predicted octanol–water partition coefficient (Wildman–Crippen LogP) is 2.98. The van der Waals surface area contributed by atoms with Gasteiger partial charge in [-0.25, -0.2) is 4.98 Å². The quantitative estimate of drug-likeness (QED) is 0.774. The molecule has 6 heteroatoms. The van der Waals surface area contributed by atoms with Gasteiger partial charge in [0, 0.05) is 18.0 Å². The number of hydrogen-bond donors (Lipinski definition) is 2. The fourth-order valence-electron chi connectivity index (χ4n) is 2.02. The van der Waals surface area contributed by atoms with E-state index in [1.165, 1.54) is 12.4 Å². The molecule has 0 unspecified atom stereocenters. The monoisotopic (exact) mass is 318 g/mol. The summed E-state index contributed by atoms with van der Waals surface area (Å²) >= 11 is 0. The fraction of sp³-hybridized carbons (Fsp3) is 0. The van der Waals surface area contributed by atoms with Gasteiger partial charge in [0.1, 0.15) is 5.82 Å². The van der Waals surface area contributed by atoms with E-state index >= 15 is 0 Å². The molecular formula is C18H14N4O2. The van der Waals surface area contributed by atoms with E-state index in [2.05, 4.69) is 20.6 Å². The van der Waals surface area contributed by atoms with Crippen LogP contribution in [0.2, 0.25) is 0 Å². The first-order valence-corrected chi connectivity index (χ1v) is 7.26. The normalized spacial score (nSPS) is 10.0. The van der Waals surface area contributed by atoms with Crippen LogP contribution in [0.5, 0.6) is 0 Å². The zero-order chi connectivity index (χ0) is 16.8. The van der Waals surface area contributed by atoms with Crippen molar-refractivity contribution in [3.8, 4) is 0 Å². The van der Waals surface area contributed by atoms with E-state index in [1.807, 2.05) is 6.07 Å². The van der Waals surface area contributed by atoms with Crippen molar-refractivity contribution >= 4 is 23.3 Å². The number of nitrogens with one attached hydrogen (secondary N) is 2. The predicted molar refractivity (Wildman–Crippen MR) is 90.8 cm³/mol. The molecule has 2 amide bonds. The van der Waals surface area contributed by atoms with Gasteiger partial charge in [-0.15, -0.1) is 0 Å². The van der Waals surface area contributed by atoms with Gasteiger partial charge in [-0.05, 0) is 36.4 Å². The number of anilines is 2. The maximum atomic E-state index is 12.0. The average molecular weight is 318 g/mol. The van der Waals surface area contributed by atoms with Gasteiger partial charge in [-0.3, -0.25) is 14.6 Å². The zero-order valence-corrected chi connectivity index (χ0v) is 12.6. The molecule has 0 radical (unpaired) electrons. The number of benzene rings is 1. The Kier molecular flexibility index (Phi) is 4.57. The van der Waals surface area contributed by atoms with E-state index in [1.54, 1.807) is 54.7 Å². The first-order chi connectivity index (χ1) is 11.7. The molecule has 0 bridgehead atoms. The SMILES string of the molecule is O=C(Nc1ccc(NC(=O)c2ccccc2)nc1)c1cccnc1. The lowest BCUT2D eigenvalue weighted by Crippen LogP contribution is -2.14. The van der Waals surface area contributed by atoms with E-state index in [9.17, 15) is 9.59 Å². The van der Waals surface area contributed by atoms with Crippen molar-refractivity contribution in [3.05, 3.63) is 84.3 Å². The first-order valence-electron chi connectivity index (χ1n) is 7.26. The maximum absolute atomic E-state index is 12.0. The second kappa shape index (κ2) is 7.15. The van der Waals surface area contributed by atoms with Crippen LogP contribution in [0.3, 0.4) is 0 Å². The number of amides is 2. The number of aromatic nitrogens is 2. The summed E-state index contributed by atoms with van der Waals surface area (Å²) in [5, 5.41) is 5.41. The molecule has 0 atom stereocenters. The fourth-order valence-corrected chi connectivity index (χ4v) is 2.02. The third kappa shape index (κ3) is 3.80. The van der Waals surface area contributed by atoms with Gasteiger partial charge >= 0.3 is 0 Å². The van der Waals surface area contributed by atoms with Crippen LogP contribution in [0.1, 0.15) is 20.7 Å². The number of carbonyl (C=O) groups excluding carboxylic acids is 2. The number of carbonyl (C=O) groups is 2. The summed E-state index contributed by atoms with van der Waals surface area (Å²) in [6, 6.07) is 15.5. The number of nitrogens with zero attached hydrogens (tertiary/aromatic N) is 2. The smallest absolute Gasteiger partial charge is 0.257 e. The van der Waals surface area contributed by atoms with E-state index < -0.39 is 0 Å². The molecule has 3 aromatic rings. The Morgan fingerprint density at radius 3 is 2.17 bits per heavy atom. The Labute approximate surface area is 138 Å². The molecule has 0 aliphatic carbocycles. The molecule has 2 heterocycles. The van der Waals surface area contributed by atoms with Crippen molar-refractivity contribution < 1.29 is 9.59 Å². The highest BCUT2D eigenvalue weighted by atomic mass is 16.2. The van der Waals surface area contributed by atoms with Crippen molar-refractivity contribution in [1.29, 1.82) is 0 Å². The van der Waals surface area contributed by atoms with Gasteiger partial charge in [-0.1, -0.05) is 18.2 Å². The number of pyridine rings is 2. The second-order valence-corrected chi connectivity index (χ2v) is 4.95. The lowest BCUT2D eigenvalue weighted by Gasteiger charge is -2.07. The molecule has 6 nitrogen and oxygen atoms in total. The topological polar surface area (TPSA) is 84.0 Å². The minimum atomic E-state index is -0.272. The minimum Gasteiger partial charge on any atom is -0.321 e. The molecule has 2 aromatic heterocycles. The van der Waals surface area contributed by atoms with Gasteiger partial charge in [0.05, 0.1) is 17.4 Å². The Balaban J connectivity index is 1.63. The van der Waals surface area contributed by atoms with E-state index in [0.29, 0.717) is 22.6 Å². The summed E-state index contributed by atoms with van der Waals surface area (Å²) in [7, 11) is 0. The van der Waals surface area contributed by atoms with Crippen LogP contribution < -0.4 is 10.6 Å². The highest BCUT2D eigenvalue weighted by Crippen LogP contribution is 2.12. The lowest BCUT2D eigenvalue weighted by molar-refractivity contribution is 0.101. The maximum Gasteiger partial charge on any atom is 0.257 e. The average Bonchev–Trinajstić information content (AvgIpc) is 2.65. The Hall–Kier alpha value is -3.54. The van der Waals surface area contributed by atoms with E-state index in [4.69, 9.17) is 0 Å². The van der Waals surface area contributed by atoms with Gasteiger partial charge in [-0.2, -0.15) is 0 Å². The number of rotatable bonds is 4. The lowest BCUT2D eigenvalue weighted by atomic mass is 10.2. The highest BCUT2D eigenvalue weighted by molar-refractivity contribution is 6.05. The zero-order valence-electron chi connectivity index (χ0n) is 12.6. The number of hydrogen-bond acceptors (Lipinski definition) is 4. The summed E-state index contributed by atoms with van der Waals surface area (Å²) in [6.07, 6.45) is 4.56. The third-order valence-electron chi connectivity index (χ3n) is 3.22. The minimum absolute atomic E-state index is 0.241. The third-order valence-corrected chi connectivity index (χ3v) is 3.22. The second-order valence-electron chi connectivity index (χ2n) is 4.95. The Morgan fingerprint density at radius 1 is 0.750 bits per heavy atom. The van der Waals surface area contributed by atoms with Crippen LogP contribution in [0.15, 0.2) is 73.2 Å². The van der Waals surface area contributed by atoms with Gasteiger partial charge in [0.25, 0.3) is 11.8 Å². The Morgan fingerprint density at radius 2 is 1.50 bits per heavy atom. The van der Waals surface area contributed by atoms with Crippen molar-refractivity contribution in [2.24, 2.45) is 0 Å². The molecule has 0 aliphatic rings. The van der Waals surface area contributed by atoms with Gasteiger partial charge in [0.2, 0.25) is 0 Å². The van der Waals surface area contributed by atoms with Crippen molar-refractivity contribution in [2.45, 2.75) is 0 Å². The van der Waals surface area contributed by atoms with Gasteiger partial charge < -0.3 is 10.6 Å². The molecule has 0 saturated heterocycles. The van der Waals surface area contributed by atoms with Crippen molar-refractivity contribution in [2.75, 3.05) is 10.6 Å². The molecule has 2 N–H and O–H groups in total. The summed E-state index contributed by atoms with van der Waals surface area (Å²) in [5.41, 5.74) is 1.54. The molecule has 24 heavy (non-hydrogen) atoms. The molecule has 0 spiro atoms. The van der Waals surface area contributed by atoms with Crippen LogP contribution in [0, 0.1) is 0 Å². The largest absolute Gasteiger partial charge is 0.321 e. The van der Waals surface area contributed by atoms with Gasteiger partial charge in [0.15, 0.2) is 0 Å². The molecule has 118 valence electrons.